The van der Waals surface area contributed by atoms with E-state index in [1.165, 1.54) is 6.92 Å². The average Bonchev–Trinajstić information content (AvgIpc) is 2.70. The first-order valence-electron chi connectivity index (χ1n) is 10.5. The van der Waals surface area contributed by atoms with E-state index >= 15 is 0 Å². The number of guanidine groups is 1. The number of aliphatic carboxylic acids is 1. The Morgan fingerprint density at radius 2 is 1.52 bits per heavy atom. The van der Waals surface area contributed by atoms with Gasteiger partial charge in [-0.3, -0.25) is 19.4 Å². The molecule has 0 saturated carbocycles. The maximum atomic E-state index is 12.6. The number of aliphatic hydroxyl groups is 2. The lowest BCUT2D eigenvalue weighted by atomic mass is 10.0. The molecule has 0 fully saturated rings. The lowest BCUT2D eigenvalue weighted by Gasteiger charge is -2.26. The number of carboxylic acid groups (broad SMARTS) is 1. The highest BCUT2D eigenvalue weighted by Crippen LogP contribution is 2.04. The zero-order chi connectivity index (χ0) is 25.7. The molecule has 0 aliphatic heterocycles. The molecular formula is C19H37N7O7. The summed E-state index contributed by atoms with van der Waals surface area (Å²) < 4.78 is 0. The van der Waals surface area contributed by atoms with Crippen LogP contribution in [0.3, 0.4) is 0 Å². The molecule has 190 valence electrons. The number of carbonyl (C=O) groups excluding carboxylic acids is 3. The SMILES string of the molecule is CC(C)CC(N)C(=O)NC(CO)C(=O)NC(C(=O)NC(CCCN=C(N)N)C(=O)O)C(C)O. The minimum atomic E-state index is -1.55. The second-order valence-electron chi connectivity index (χ2n) is 8.05. The van der Waals surface area contributed by atoms with Crippen molar-refractivity contribution >= 4 is 29.7 Å². The number of amides is 3. The van der Waals surface area contributed by atoms with E-state index in [0.717, 1.165) is 0 Å². The van der Waals surface area contributed by atoms with Gasteiger partial charge >= 0.3 is 5.97 Å². The largest absolute Gasteiger partial charge is 0.480 e. The third-order valence-corrected chi connectivity index (χ3v) is 4.50. The number of carboxylic acids is 1. The summed E-state index contributed by atoms with van der Waals surface area (Å²) in [6, 6.07) is -5.21. The molecule has 33 heavy (non-hydrogen) atoms. The van der Waals surface area contributed by atoms with Crippen LogP contribution in [0.15, 0.2) is 4.99 Å². The molecule has 5 atom stereocenters. The fourth-order valence-corrected chi connectivity index (χ4v) is 2.77. The fourth-order valence-electron chi connectivity index (χ4n) is 2.77. The van der Waals surface area contributed by atoms with Gasteiger partial charge in [-0.1, -0.05) is 13.8 Å². The number of hydrogen-bond acceptors (Lipinski definition) is 8. The maximum Gasteiger partial charge on any atom is 0.326 e. The van der Waals surface area contributed by atoms with Gasteiger partial charge in [0.15, 0.2) is 5.96 Å². The molecule has 0 aliphatic rings. The van der Waals surface area contributed by atoms with E-state index in [9.17, 15) is 34.5 Å². The molecule has 0 spiro atoms. The number of nitrogens with two attached hydrogens (primary N) is 3. The van der Waals surface area contributed by atoms with Crippen molar-refractivity contribution in [3.8, 4) is 0 Å². The molecule has 0 aliphatic carbocycles. The fraction of sp³-hybridized carbons (Fsp3) is 0.737. The summed E-state index contributed by atoms with van der Waals surface area (Å²) in [7, 11) is 0. The van der Waals surface area contributed by atoms with E-state index in [2.05, 4.69) is 20.9 Å². The van der Waals surface area contributed by atoms with Gasteiger partial charge in [0.2, 0.25) is 17.7 Å². The number of hydrogen-bond donors (Lipinski definition) is 9. The van der Waals surface area contributed by atoms with Gasteiger partial charge in [-0.05, 0) is 32.1 Å². The van der Waals surface area contributed by atoms with Crippen molar-refractivity contribution in [3.63, 3.8) is 0 Å². The Morgan fingerprint density at radius 1 is 0.939 bits per heavy atom. The first-order chi connectivity index (χ1) is 15.3. The summed E-state index contributed by atoms with van der Waals surface area (Å²) in [5.74, 6) is -3.95. The van der Waals surface area contributed by atoms with Gasteiger partial charge in [0, 0.05) is 6.54 Å². The predicted molar refractivity (Wildman–Crippen MR) is 120 cm³/mol. The molecule has 0 heterocycles. The Balaban J connectivity index is 5.14. The molecular weight excluding hydrogens is 438 g/mol. The normalized spacial score (nSPS) is 15.5. The topological polar surface area (TPSA) is 255 Å². The molecule has 0 rings (SSSR count). The van der Waals surface area contributed by atoms with Gasteiger partial charge in [0.1, 0.15) is 18.1 Å². The monoisotopic (exact) mass is 475 g/mol. The van der Waals surface area contributed by atoms with Gasteiger partial charge in [0.05, 0.1) is 18.8 Å². The second-order valence-corrected chi connectivity index (χ2v) is 8.05. The maximum absolute atomic E-state index is 12.6. The summed E-state index contributed by atoms with van der Waals surface area (Å²) in [5, 5.41) is 35.5. The lowest BCUT2D eigenvalue weighted by molar-refractivity contribution is -0.143. The number of aliphatic imine (C=N–C) groups is 1. The lowest BCUT2D eigenvalue weighted by Crippen LogP contribution is -2.60. The quantitative estimate of drug-likeness (QED) is 0.0636. The zero-order valence-electron chi connectivity index (χ0n) is 19.2. The van der Waals surface area contributed by atoms with Crippen LogP contribution in [0.4, 0.5) is 0 Å². The van der Waals surface area contributed by atoms with Crippen LogP contribution in [0.1, 0.15) is 40.0 Å². The Hall–Kier alpha value is -2.97. The van der Waals surface area contributed by atoms with E-state index in [0.29, 0.717) is 6.42 Å². The van der Waals surface area contributed by atoms with E-state index in [-0.39, 0.29) is 31.3 Å². The first-order valence-corrected chi connectivity index (χ1v) is 10.5. The predicted octanol–water partition coefficient (Wildman–Crippen LogP) is -3.67. The Kier molecular flexibility index (Phi) is 13.6. The summed E-state index contributed by atoms with van der Waals surface area (Å²) in [5.41, 5.74) is 16.2. The highest BCUT2D eigenvalue weighted by molar-refractivity contribution is 5.94. The zero-order valence-corrected chi connectivity index (χ0v) is 19.2. The number of rotatable bonds is 15. The summed E-state index contributed by atoms with van der Waals surface area (Å²) in [4.78, 5) is 52.4. The van der Waals surface area contributed by atoms with Crippen molar-refractivity contribution < 1.29 is 34.5 Å². The summed E-state index contributed by atoms with van der Waals surface area (Å²) in [6.45, 7) is 4.29. The molecule has 14 heteroatoms. The molecule has 0 aromatic rings. The molecule has 0 saturated heterocycles. The molecule has 0 radical (unpaired) electrons. The van der Waals surface area contributed by atoms with Crippen LogP contribution < -0.4 is 33.2 Å². The minimum Gasteiger partial charge on any atom is -0.480 e. The molecule has 0 aromatic carbocycles. The van der Waals surface area contributed by atoms with Crippen molar-refractivity contribution in [1.82, 2.24) is 16.0 Å². The van der Waals surface area contributed by atoms with Crippen molar-refractivity contribution in [1.29, 1.82) is 0 Å². The minimum absolute atomic E-state index is 0.0125. The highest BCUT2D eigenvalue weighted by atomic mass is 16.4. The van der Waals surface area contributed by atoms with Crippen LogP contribution in [0.25, 0.3) is 0 Å². The molecule has 3 amide bonds. The molecule has 5 unspecified atom stereocenters. The van der Waals surface area contributed by atoms with Crippen LogP contribution in [-0.2, 0) is 19.2 Å². The number of nitrogens with zero attached hydrogens (tertiary/aromatic N) is 1. The third kappa shape index (κ3) is 12.0. The third-order valence-electron chi connectivity index (χ3n) is 4.50. The van der Waals surface area contributed by atoms with Crippen LogP contribution in [0, 0.1) is 5.92 Å². The standard InChI is InChI=1S/C19H37N7O7/c1-9(2)7-11(20)15(29)25-13(8-27)16(30)26-14(10(3)28)17(31)24-12(18(32)33)5-4-6-23-19(21)22/h9-14,27-28H,4-8,20H2,1-3H3,(H,24,31)(H,25,29)(H,26,30)(H,32,33)(H4,21,22,23). The van der Waals surface area contributed by atoms with E-state index in [1.807, 2.05) is 13.8 Å². The molecule has 0 aromatic heterocycles. The second kappa shape index (κ2) is 15.0. The summed E-state index contributed by atoms with van der Waals surface area (Å²) >= 11 is 0. The van der Waals surface area contributed by atoms with E-state index in [4.69, 9.17) is 17.2 Å². The van der Waals surface area contributed by atoms with Gasteiger partial charge in [-0.25, -0.2) is 4.79 Å². The number of nitrogens with one attached hydrogen (secondary N) is 3. The van der Waals surface area contributed by atoms with Gasteiger partial charge < -0.3 is 48.5 Å². The molecule has 0 bridgehead atoms. The first kappa shape index (κ1) is 30.0. The van der Waals surface area contributed by atoms with Crippen molar-refractivity contribution in [2.75, 3.05) is 13.2 Å². The van der Waals surface area contributed by atoms with Crippen molar-refractivity contribution in [2.24, 2.45) is 28.1 Å². The van der Waals surface area contributed by atoms with Crippen LogP contribution in [0.5, 0.6) is 0 Å². The number of aliphatic hydroxyl groups excluding tert-OH is 2. The highest BCUT2D eigenvalue weighted by Gasteiger charge is 2.32. The van der Waals surface area contributed by atoms with Gasteiger partial charge in [-0.2, -0.15) is 0 Å². The Morgan fingerprint density at radius 3 is 1.97 bits per heavy atom. The molecule has 12 N–H and O–H groups in total. The summed E-state index contributed by atoms with van der Waals surface area (Å²) in [6.07, 6.45) is -0.829. The van der Waals surface area contributed by atoms with Crippen LogP contribution in [-0.4, -0.2) is 88.4 Å². The smallest absolute Gasteiger partial charge is 0.326 e. The van der Waals surface area contributed by atoms with E-state index < -0.39 is 60.6 Å². The number of carbonyl (C=O) groups is 4. The van der Waals surface area contributed by atoms with Gasteiger partial charge in [0.25, 0.3) is 0 Å². The van der Waals surface area contributed by atoms with Crippen molar-refractivity contribution in [2.45, 2.75) is 70.3 Å². The van der Waals surface area contributed by atoms with E-state index in [1.54, 1.807) is 0 Å². The molecule has 14 nitrogen and oxygen atoms in total. The average molecular weight is 476 g/mol. The van der Waals surface area contributed by atoms with Gasteiger partial charge in [-0.15, -0.1) is 0 Å². The van der Waals surface area contributed by atoms with Crippen molar-refractivity contribution in [3.05, 3.63) is 0 Å². The Bertz CT molecular complexity index is 696. The Labute approximate surface area is 192 Å². The van der Waals surface area contributed by atoms with Crippen LogP contribution >= 0.6 is 0 Å². The van der Waals surface area contributed by atoms with Crippen LogP contribution in [0.2, 0.25) is 0 Å².